The lowest BCUT2D eigenvalue weighted by molar-refractivity contribution is -0.117. The molecule has 0 aliphatic rings. The Bertz CT molecular complexity index is 456. The van der Waals surface area contributed by atoms with Crippen molar-refractivity contribution >= 4 is 6.41 Å². The van der Waals surface area contributed by atoms with E-state index in [1.807, 2.05) is 19.2 Å². The second kappa shape index (κ2) is 6.74. The molecule has 0 heterocycles. The van der Waals surface area contributed by atoms with Crippen LogP contribution in [-0.2, 0) is 4.79 Å². The molecule has 0 saturated carbocycles. The van der Waals surface area contributed by atoms with Gasteiger partial charge >= 0.3 is 0 Å². The van der Waals surface area contributed by atoms with E-state index in [4.69, 9.17) is 0 Å². The molecule has 2 nitrogen and oxygen atoms in total. The molecule has 2 heteroatoms. The Labute approximate surface area is 114 Å². The van der Waals surface area contributed by atoms with Crippen molar-refractivity contribution in [1.82, 2.24) is 4.90 Å². The summed E-state index contributed by atoms with van der Waals surface area (Å²) in [5, 5.41) is 0. The monoisotopic (exact) mass is 253 g/mol. The van der Waals surface area contributed by atoms with Gasteiger partial charge in [-0.15, -0.1) is 0 Å². The first-order valence-electron chi connectivity index (χ1n) is 6.56. The molecule has 0 unspecified atom stereocenters. The number of rotatable bonds is 6. The van der Waals surface area contributed by atoms with Gasteiger partial charge in [0.2, 0.25) is 6.41 Å². The number of hydrogen-bond donors (Lipinski definition) is 0. The number of hydrogen-bond acceptors (Lipinski definition) is 1. The SMILES string of the molecule is CN(C=O)CCC(c1ccccc1)c1ccccc1. The van der Waals surface area contributed by atoms with Gasteiger partial charge in [-0.3, -0.25) is 4.79 Å². The molecular weight excluding hydrogens is 234 g/mol. The minimum absolute atomic E-state index is 0.338. The first-order valence-corrected chi connectivity index (χ1v) is 6.56. The average Bonchev–Trinajstić information content (AvgIpc) is 2.49. The van der Waals surface area contributed by atoms with Crippen LogP contribution in [-0.4, -0.2) is 24.9 Å². The first-order chi connectivity index (χ1) is 9.31. The molecule has 0 aromatic heterocycles. The molecule has 0 spiro atoms. The van der Waals surface area contributed by atoms with Crippen molar-refractivity contribution in [2.45, 2.75) is 12.3 Å². The molecule has 0 bridgehead atoms. The third-order valence-corrected chi connectivity index (χ3v) is 3.35. The number of carbonyl (C=O) groups excluding carboxylic acids is 1. The van der Waals surface area contributed by atoms with E-state index in [9.17, 15) is 4.79 Å². The zero-order chi connectivity index (χ0) is 13.5. The third-order valence-electron chi connectivity index (χ3n) is 3.35. The topological polar surface area (TPSA) is 20.3 Å². The van der Waals surface area contributed by atoms with Crippen molar-refractivity contribution in [2.75, 3.05) is 13.6 Å². The summed E-state index contributed by atoms with van der Waals surface area (Å²) in [6.07, 6.45) is 1.82. The fourth-order valence-corrected chi connectivity index (χ4v) is 2.28. The smallest absolute Gasteiger partial charge is 0.209 e. The van der Waals surface area contributed by atoms with E-state index in [1.54, 1.807) is 4.90 Å². The lowest BCUT2D eigenvalue weighted by Crippen LogP contribution is -2.19. The fraction of sp³-hybridized carbons (Fsp3) is 0.235. The fourth-order valence-electron chi connectivity index (χ4n) is 2.28. The van der Waals surface area contributed by atoms with Crippen LogP contribution in [0.3, 0.4) is 0 Å². The molecule has 0 saturated heterocycles. The molecule has 0 aliphatic heterocycles. The second-order valence-corrected chi connectivity index (χ2v) is 4.75. The van der Waals surface area contributed by atoms with Gasteiger partial charge in [0, 0.05) is 19.5 Å². The highest BCUT2D eigenvalue weighted by atomic mass is 16.1. The van der Waals surface area contributed by atoms with Crippen molar-refractivity contribution in [3.8, 4) is 0 Å². The van der Waals surface area contributed by atoms with E-state index < -0.39 is 0 Å². The van der Waals surface area contributed by atoms with Crippen LogP contribution in [0.5, 0.6) is 0 Å². The molecule has 2 rings (SSSR count). The first kappa shape index (κ1) is 13.3. The molecule has 0 fully saturated rings. The summed E-state index contributed by atoms with van der Waals surface area (Å²) in [5.74, 6) is 0.338. The number of nitrogens with zero attached hydrogens (tertiary/aromatic N) is 1. The highest BCUT2D eigenvalue weighted by Gasteiger charge is 2.14. The van der Waals surface area contributed by atoms with Crippen LogP contribution >= 0.6 is 0 Å². The van der Waals surface area contributed by atoms with Gasteiger partial charge in [-0.05, 0) is 17.5 Å². The average molecular weight is 253 g/mol. The standard InChI is InChI=1S/C17H19NO/c1-18(14-19)13-12-17(15-8-4-2-5-9-15)16-10-6-3-7-11-16/h2-11,14,17H,12-13H2,1H3. The van der Waals surface area contributed by atoms with Gasteiger partial charge < -0.3 is 4.90 Å². The predicted molar refractivity (Wildman–Crippen MR) is 78.0 cm³/mol. The van der Waals surface area contributed by atoms with Crippen LogP contribution in [0.15, 0.2) is 60.7 Å². The van der Waals surface area contributed by atoms with Crippen molar-refractivity contribution in [1.29, 1.82) is 0 Å². The summed E-state index contributed by atoms with van der Waals surface area (Å²) in [6, 6.07) is 20.9. The van der Waals surface area contributed by atoms with Crippen LogP contribution in [0, 0.1) is 0 Å². The maximum Gasteiger partial charge on any atom is 0.209 e. The molecule has 19 heavy (non-hydrogen) atoms. The lowest BCUT2D eigenvalue weighted by atomic mass is 9.88. The Morgan fingerprint density at radius 2 is 1.42 bits per heavy atom. The van der Waals surface area contributed by atoms with Gasteiger partial charge in [0.05, 0.1) is 0 Å². The van der Waals surface area contributed by atoms with E-state index in [1.165, 1.54) is 11.1 Å². The number of benzene rings is 2. The highest BCUT2D eigenvalue weighted by molar-refractivity contribution is 5.46. The molecule has 0 atom stereocenters. The maximum atomic E-state index is 10.7. The van der Waals surface area contributed by atoms with Gasteiger partial charge in [0.15, 0.2) is 0 Å². The van der Waals surface area contributed by atoms with Gasteiger partial charge in [-0.2, -0.15) is 0 Å². The molecule has 2 aromatic carbocycles. The molecule has 1 amide bonds. The van der Waals surface area contributed by atoms with Gasteiger partial charge in [-0.25, -0.2) is 0 Å². The minimum Gasteiger partial charge on any atom is -0.348 e. The molecule has 0 radical (unpaired) electrons. The molecule has 98 valence electrons. The zero-order valence-electron chi connectivity index (χ0n) is 11.2. The normalized spacial score (nSPS) is 10.4. The van der Waals surface area contributed by atoms with E-state index >= 15 is 0 Å². The second-order valence-electron chi connectivity index (χ2n) is 4.75. The Kier molecular flexibility index (Phi) is 4.73. The quantitative estimate of drug-likeness (QED) is 0.723. The van der Waals surface area contributed by atoms with Crippen molar-refractivity contribution in [3.63, 3.8) is 0 Å². The van der Waals surface area contributed by atoms with Crippen molar-refractivity contribution < 1.29 is 4.79 Å². The van der Waals surface area contributed by atoms with Gasteiger partial charge in [0.25, 0.3) is 0 Å². The Balaban J connectivity index is 2.21. The van der Waals surface area contributed by atoms with Gasteiger partial charge in [-0.1, -0.05) is 60.7 Å². The van der Waals surface area contributed by atoms with Crippen molar-refractivity contribution in [2.24, 2.45) is 0 Å². The molecular formula is C17H19NO. The van der Waals surface area contributed by atoms with Crippen LogP contribution in [0.2, 0.25) is 0 Å². The Morgan fingerprint density at radius 3 is 1.84 bits per heavy atom. The molecule has 0 N–H and O–H groups in total. The minimum atomic E-state index is 0.338. The largest absolute Gasteiger partial charge is 0.348 e. The van der Waals surface area contributed by atoms with E-state index in [0.29, 0.717) is 5.92 Å². The van der Waals surface area contributed by atoms with E-state index in [2.05, 4.69) is 48.5 Å². The van der Waals surface area contributed by atoms with Crippen LogP contribution < -0.4 is 0 Å². The van der Waals surface area contributed by atoms with Crippen LogP contribution in [0.1, 0.15) is 23.5 Å². The summed E-state index contributed by atoms with van der Waals surface area (Å²) < 4.78 is 0. The Hall–Kier alpha value is -2.09. The number of amides is 1. The highest BCUT2D eigenvalue weighted by Crippen LogP contribution is 2.27. The van der Waals surface area contributed by atoms with Gasteiger partial charge in [0.1, 0.15) is 0 Å². The summed E-state index contributed by atoms with van der Waals surface area (Å²) in [5.41, 5.74) is 2.60. The Morgan fingerprint density at radius 1 is 0.947 bits per heavy atom. The molecule has 2 aromatic rings. The van der Waals surface area contributed by atoms with E-state index in [0.717, 1.165) is 19.4 Å². The predicted octanol–water partition coefficient (Wildman–Crippen LogP) is 3.30. The summed E-state index contributed by atoms with van der Waals surface area (Å²) in [4.78, 5) is 12.4. The summed E-state index contributed by atoms with van der Waals surface area (Å²) >= 11 is 0. The lowest BCUT2D eigenvalue weighted by Gasteiger charge is -2.20. The molecule has 0 aliphatic carbocycles. The summed E-state index contributed by atoms with van der Waals surface area (Å²) in [6.45, 7) is 0.762. The van der Waals surface area contributed by atoms with Crippen LogP contribution in [0.25, 0.3) is 0 Å². The van der Waals surface area contributed by atoms with Crippen molar-refractivity contribution in [3.05, 3.63) is 71.8 Å². The summed E-state index contributed by atoms with van der Waals surface area (Å²) in [7, 11) is 1.82. The third kappa shape index (κ3) is 3.68. The number of carbonyl (C=O) groups is 1. The zero-order valence-corrected chi connectivity index (χ0v) is 11.2. The van der Waals surface area contributed by atoms with Crippen LogP contribution in [0.4, 0.5) is 0 Å². The van der Waals surface area contributed by atoms with E-state index in [-0.39, 0.29) is 0 Å². The maximum absolute atomic E-state index is 10.7.